The van der Waals surface area contributed by atoms with Crippen LogP contribution in [-0.2, 0) is 6.42 Å². The number of rotatable bonds is 5. The van der Waals surface area contributed by atoms with E-state index >= 15 is 0 Å². The number of aryl methyl sites for hydroxylation is 1. The molecule has 0 fully saturated rings. The Labute approximate surface area is 86.0 Å². The first-order chi connectivity index (χ1) is 6.81. The van der Waals surface area contributed by atoms with E-state index in [9.17, 15) is 5.11 Å². The Morgan fingerprint density at radius 3 is 2.36 bits per heavy atom. The Morgan fingerprint density at radius 2 is 1.93 bits per heavy atom. The third kappa shape index (κ3) is 2.82. The zero-order valence-corrected chi connectivity index (χ0v) is 8.96. The lowest BCUT2D eigenvalue weighted by Gasteiger charge is -2.14. The van der Waals surface area contributed by atoms with Crippen LogP contribution in [0.3, 0.4) is 0 Å². The van der Waals surface area contributed by atoms with Crippen molar-refractivity contribution in [3.63, 3.8) is 0 Å². The molecule has 0 spiro atoms. The minimum Gasteiger partial charge on any atom is -0.396 e. The summed E-state index contributed by atoms with van der Waals surface area (Å²) in [5, 5.41) is 12.3. The van der Waals surface area contributed by atoms with Crippen LogP contribution in [0.5, 0.6) is 0 Å². The van der Waals surface area contributed by atoms with Crippen LogP contribution in [-0.4, -0.2) is 25.3 Å². The zero-order chi connectivity index (χ0) is 10.4. The van der Waals surface area contributed by atoms with Crippen molar-refractivity contribution < 1.29 is 5.11 Å². The molecule has 2 heteroatoms. The second-order valence-electron chi connectivity index (χ2n) is 3.53. The van der Waals surface area contributed by atoms with Crippen molar-refractivity contribution >= 4 is 0 Å². The second kappa shape index (κ2) is 5.78. The molecule has 0 aliphatic carbocycles. The summed E-state index contributed by atoms with van der Waals surface area (Å²) >= 11 is 0. The number of aliphatic hydroxyl groups excluding tert-OH is 1. The predicted molar refractivity (Wildman–Crippen MR) is 59.6 cm³/mol. The standard InChI is InChI=1S/C12H19NO/c1-3-10-4-6-11(7-5-10)12(9-14)8-13-2/h4-7,12-14H,3,8-9H2,1-2H3. The molecule has 0 aliphatic heterocycles. The van der Waals surface area contributed by atoms with Gasteiger partial charge in [-0.05, 0) is 24.6 Å². The van der Waals surface area contributed by atoms with Gasteiger partial charge in [0.2, 0.25) is 0 Å². The van der Waals surface area contributed by atoms with Crippen molar-refractivity contribution in [3.8, 4) is 0 Å². The van der Waals surface area contributed by atoms with E-state index in [1.54, 1.807) is 0 Å². The van der Waals surface area contributed by atoms with Gasteiger partial charge in [0.1, 0.15) is 0 Å². The highest BCUT2D eigenvalue weighted by Crippen LogP contribution is 2.15. The number of nitrogens with one attached hydrogen (secondary N) is 1. The molecule has 1 aromatic rings. The highest BCUT2D eigenvalue weighted by molar-refractivity contribution is 5.25. The number of hydrogen-bond donors (Lipinski definition) is 2. The first kappa shape index (κ1) is 11.2. The van der Waals surface area contributed by atoms with Gasteiger partial charge in [0.05, 0.1) is 6.61 Å². The molecule has 0 heterocycles. The van der Waals surface area contributed by atoms with Gasteiger partial charge in [-0.1, -0.05) is 31.2 Å². The third-order valence-electron chi connectivity index (χ3n) is 2.53. The smallest absolute Gasteiger partial charge is 0.0511 e. The Morgan fingerprint density at radius 1 is 1.29 bits per heavy atom. The van der Waals surface area contributed by atoms with Crippen molar-refractivity contribution in [2.45, 2.75) is 19.3 Å². The first-order valence-corrected chi connectivity index (χ1v) is 5.16. The van der Waals surface area contributed by atoms with Gasteiger partial charge in [0.15, 0.2) is 0 Å². The summed E-state index contributed by atoms with van der Waals surface area (Å²) < 4.78 is 0. The maximum atomic E-state index is 9.20. The molecule has 0 aliphatic rings. The number of hydrogen-bond acceptors (Lipinski definition) is 2. The Hall–Kier alpha value is -0.860. The fourth-order valence-corrected chi connectivity index (χ4v) is 1.56. The highest BCUT2D eigenvalue weighted by Gasteiger charge is 2.08. The van der Waals surface area contributed by atoms with Crippen LogP contribution in [0.1, 0.15) is 24.0 Å². The Bertz CT molecular complexity index is 256. The molecular weight excluding hydrogens is 174 g/mol. The molecule has 2 nitrogen and oxygen atoms in total. The largest absolute Gasteiger partial charge is 0.396 e. The van der Waals surface area contributed by atoms with Crippen LogP contribution in [0, 0.1) is 0 Å². The van der Waals surface area contributed by atoms with E-state index in [0.29, 0.717) is 0 Å². The highest BCUT2D eigenvalue weighted by atomic mass is 16.3. The van der Waals surface area contributed by atoms with Gasteiger partial charge in [0, 0.05) is 12.5 Å². The number of aliphatic hydroxyl groups is 1. The van der Waals surface area contributed by atoms with E-state index in [1.165, 1.54) is 11.1 Å². The maximum Gasteiger partial charge on any atom is 0.0511 e. The molecular formula is C12H19NO. The van der Waals surface area contributed by atoms with Crippen LogP contribution >= 0.6 is 0 Å². The lowest BCUT2D eigenvalue weighted by molar-refractivity contribution is 0.263. The van der Waals surface area contributed by atoms with Gasteiger partial charge in [-0.25, -0.2) is 0 Å². The van der Waals surface area contributed by atoms with E-state index < -0.39 is 0 Å². The summed E-state index contributed by atoms with van der Waals surface area (Å²) in [5.41, 5.74) is 2.55. The van der Waals surface area contributed by atoms with Crippen molar-refractivity contribution in [2.75, 3.05) is 20.2 Å². The van der Waals surface area contributed by atoms with Crippen molar-refractivity contribution in [2.24, 2.45) is 0 Å². The summed E-state index contributed by atoms with van der Waals surface area (Å²) in [4.78, 5) is 0. The van der Waals surface area contributed by atoms with Gasteiger partial charge in [-0.2, -0.15) is 0 Å². The molecule has 0 aromatic heterocycles. The van der Waals surface area contributed by atoms with Gasteiger partial charge < -0.3 is 10.4 Å². The topological polar surface area (TPSA) is 32.3 Å². The van der Waals surface area contributed by atoms with Crippen LogP contribution in [0.25, 0.3) is 0 Å². The molecule has 1 unspecified atom stereocenters. The first-order valence-electron chi connectivity index (χ1n) is 5.16. The Kier molecular flexibility index (Phi) is 4.63. The van der Waals surface area contributed by atoms with E-state index in [-0.39, 0.29) is 12.5 Å². The van der Waals surface area contributed by atoms with Crippen LogP contribution < -0.4 is 5.32 Å². The molecule has 1 rings (SSSR count). The molecule has 14 heavy (non-hydrogen) atoms. The van der Waals surface area contributed by atoms with Crippen molar-refractivity contribution in [3.05, 3.63) is 35.4 Å². The molecule has 0 amide bonds. The lowest BCUT2D eigenvalue weighted by atomic mass is 9.98. The van der Waals surface area contributed by atoms with Crippen LogP contribution in [0.2, 0.25) is 0 Å². The SMILES string of the molecule is CCc1ccc(C(CO)CNC)cc1. The van der Waals surface area contributed by atoms with E-state index in [4.69, 9.17) is 0 Å². The molecule has 1 aromatic carbocycles. The fraction of sp³-hybridized carbons (Fsp3) is 0.500. The predicted octanol–water partition coefficient (Wildman–Crippen LogP) is 1.54. The second-order valence-corrected chi connectivity index (χ2v) is 3.53. The molecule has 0 bridgehead atoms. The van der Waals surface area contributed by atoms with Gasteiger partial charge in [-0.3, -0.25) is 0 Å². The average molecular weight is 193 g/mol. The molecule has 78 valence electrons. The summed E-state index contributed by atoms with van der Waals surface area (Å²) in [5.74, 6) is 0.214. The maximum absolute atomic E-state index is 9.20. The van der Waals surface area contributed by atoms with Crippen molar-refractivity contribution in [1.82, 2.24) is 5.32 Å². The molecule has 0 saturated carbocycles. The average Bonchev–Trinajstić information content (AvgIpc) is 2.26. The van der Waals surface area contributed by atoms with E-state index in [2.05, 4.69) is 36.5 Å². The normalized spacial score (nSPS) is 12.8. The molecule has 2 N–H and O–H groups in total. The monoisotopic (exact) mass is 193 g/mol. The third-order valence-corrected chi connectivity index (χ3v) is 2.53. The van der Waals surface area contributed by atoms with Crippen molar-refractivity contribution in [1.29, 1.82) is 0 Å². The summed E-state index contributed by atoms with van der Waals surface area (Å²) in [6.45, 7) is 3.17. The minimum absolute atomic E-state index is 0.201. The number of benzene rings is 1. The van der Waals surface area contributed by atoms with Crippen LogP contribution in [0.15, 0.2) is 24.3 Å². The number of likely N-dealkylation sites (N-methyl/N-ethyl adjacent to an activating group) is 1. The molecule has 0 radical (unpaired) electrons. The summed E-state index contributed by atoms with van der Waals surface area (Å²) in [7, 11) is 1.91. The summed E-state index contributed by atoms with van der Waals surface area (Å²) in [6.07, 6.45) is 1.07. The van der Waals surface area contributed by atoms with Gasteiger partial charge in [0.25, 0.3) is 0 Å². The zero-order valence-electron chi connectivity index (χ0n) is 8.96. The van der Waals surface area contributed by atoms with Gasteiger partial charge in [-0.15, -0.1) is 0 Å². The van der Waals surface area contributed by atoms with E-state index in [0.717, 1.165) is 13.0 Å². The van der Waals surface area contributed by atoms with Crippen LogP contribution in [0.4, 0.5) is 0 Å². The van der Waals surface area contributed by atoms with Gasteiger partial charge >= 0.3 is 0 Å². The fourth-order valence-electron chi connectivity index (χ4n) is 1.56. The quantitative estimate of drug-likeness (QED) is 0.743. The Balaban J connectivity index is 2.73. The molecule has 1 atom stereocenters. The molecule has 0 saturated heterocycles. The lowest BCUT2D eigenvalue weighted by Crippen LogP contribution is -2.19. The minimum atomic E-state index is 0.201. The summed E-state index contributed by atoms with van der Waals surface area (Å²) in [6, 6.07) is 8.48. The van der Waals surface area contributed by atoms with E-state index in [1.807, 2.05) is 7.05 Å².